The van der Waals surface area contributed by atoms with Crippen molar-refractivity contribution in [2.24, 2.45) is 5.92 Å². The van der Waals surface area contributed by atoms with E-state index in [1.54, 1.807) is 0 Å². The van der Waals surface area contributed by atoms with Crippen molar-refractivity contribution < 1.29 is 24.2 Å². The number of carbonyl (C=O) groups excluding carboxylic acids is 2. The minimum Gasteiger partial charge on any atom is -0.477 e. The Morgan fingerprint density at radius 2 is 1.96 bits per heavy atom. The molecule has 0 spiro atoms. The van der Waals surface area contributed by atoms with Crippen LogP contribution < -0.4 is 5.32 Å². The number of rotatable bonds is 12. The summed E-state index contributed by atoms with van der Waals surface area (Å²) in [5, 5.41) is 13.2. The molecular weight excluding hydrogens is 380 g/mol. The zero-order valence-electron chi connectivity index (χ0n) is 17.6. The van der Waals surface area contributed by atoms with Crippen LogP contribution in [0.3, 0.4) is 0 Å². The highest BCUT2D eigenvalue weighted by molar-refractivity contribution is 8.03. The molecule has 0 saturated heterocycles. The Morgan fingerprint density at radius 3 is 2.43 bits per heavy atom. The van der Waals surface area contributed by atoms with E-state index in [9.17, 15) is 19.5 Å². The van der Waals surface area contributed by atoms with Crippen LogP contribution in [0.25, 0.3) is 0 Å². The normalized spacial score (nSPS) is 18.2. The van der Waals surface area contributed by atoms with Gasteiger partial charge in [-0.1, -0.05) is 34.1 Å². The van der Waals surface area contributed by atoms with Crippen molar-refractivity contribution >= 4 is 29.6 Å². The number of hydrogen-bond donors (Lipinski definition) is 2. The monoisotopic (exact) mass is 414 g/mol. The van der Waals surface area contributed by atoms with Crippen LogP contribution >= 0.6 is 11.8 Å². The number of carbonyl (C=O) groups is 3. The summed E-state index contributed by atoms with van der Waals surface area (Å²) in [6.07, 6.45) is 3.09. The van der Waals surface area contributed by atoms with Crippen molar-refractivity contribution in [1.29, 1.82) is 0 Å². The number of carboxylic acids is 1. The summed E-state index contributed by atoms with van der Waals surface area (Å²) in [6.45, 7) is 10.2. The zero-order chi connectivity index (χ0) is 21.3. The molecular formula is C20H34N2O5S. The van der Waals surface area contributed by atoms with Gasteiger partial charge in [0.05, 0.1) is 0 Å². The van der Waals surface area contributed by atoms with Gasteiger partial charge in [-0.25, -0.2) is 4.79 Å². The third-order valence-electron chi connectivity index (χ3n) is 4.69. The van der Waals surface area contributed by atoms with Crippen LogP contribution in [-0.4, -0.2) is 51.9 Å². The largest absolute Gasteiger partial charge is 0.477 e. The number of nitrogens with zero attached hydrogens (tertiary/aromatic N) is 1. The van der Waals surface area contributed by atoms with Gasteiger partial charge in [0.25, 0.3) is 0 Å². The zero-order valence-corrected chi connectivity index (χ0v) is 18.4. The van der Waals surface area contributed by atoms with E-state index in [2.05, 4.69) is 26.1 Å². The second kappa shape index (κ2) is 12.0. The van der Waals surface area contributed by atoms with Gasteiger partial charge >= 0.3 is 11.9 Å². The number of amides is 1. The minimum atomic E-state index is -1.04. The molecule has 1 amide bonds. The van der Waals surface area contributed by atoms with Crippen molar-refractivity contribution in [3.63, 3.8) is 0 Å². The lowest BCUT2D eigenvalue weighted by atomic mass is 9.94. The maximum atomic E-state index is 12.8. The molecule has 1 heterocycles. The average Bonchev–Trinajstić information content (AvgIpc) is 3.11. The van der Waals surface area contributed by atoms with E-state index in [0.29, 0.717) is 19.4 Å². The summed E-state index contributed by atoms with van der Waals surface area (Å²) in [5.74, 6) is -1.16. The number of esters is 1. The quantitative estimate of drug-likeness (QED) is 0.473. The summed E-state index contributed by atoms with van der Waals surface area (Å²) in [6, 6.07) is -0.0927. The average molecular weight is 415 g/mol. The van der Waals surface area contributed by atoms with Crippen LogP contribution in [0, 0.1) is 5.92 Å². The highest BCUT2D eigenvalue weighted by atomic mass is 32.2. The Labute approximate surface area is 172 Å². The second-order valence-electron chi connectivity index (χ2n) is 7.42. The fourth-order valence-electron chi connectivity index (χ4n) is 3.29. The summed E-state index contributed by atoms with van der Waals surface area (Å²) in [7, 11) is 0. The van der Waals surface area contributed by atoms with Crippen LogP contribution in [0.4, 0.5) is 0 Å². The predicted molar refractivity (Wildman–Crippen MR) is 111 cm³/mol. The van der Waals surface area contributed by atoms with Crippen LogP contribution in [0.15, 0.2) is 11.1 Å². The number of ether oxygens (including phenoxy) is 1. The standard InChI is InChI=1S/C20H34N2O5S/c1-6-8-9-18(24)22(10-7-2)16(13(3)4)11-17(27-14(5)23)19-21-15(12-28-19)20(25)26/h12-13,16-17,19,21H,6-11H2,1-5H3,(H,25,26). The molecule has 0 saturated carbocycles. The third kappa shape index (κ3) is 7.37. The minimum absolute atomic E-state index is 0.0927. The summed E-state index contributed by atoms with van der Waals surface area (Å²) in [5.41, 5.74) is 0.0951. The molecule has 1 aliphatic heterocycles. The Morgan fingerprint density at radius 1 is 1.29 bits per heavy atom. The van der Waals surface area contributed by atoms with Crippen molar-refractivity contribution in [3.8, 4) is 0 Å². The Bertz CT molecular complexity index is 579. The second-order valence-corrected chi connectivity index (χ2v) is 8.44. The summed E-state index contributed by atoms with van der Waals surface area (Å²) < 4.78 is 5.55. The molecule has 3 atom stereocenters. The van der Waals surface area contributed by atoms with E-state index in [0.717, 1.165) is 19.3 Å². The predicted octanol–water partition coefficient (Wildman–Crippen LogP) is 3.35. The number of hydrogen-bond acceptors (Lipinski definition) is 6. The lowest BCUT2D eigenvalue weighted by molar-refractivity contribution is -0.148. The van der Waals surface area contributed by atoms with Crippen molar-refractivity contribution in [2.45, 2.75) is 84.2 Å². The van der Waals surface area contributed by atoms with Crippen molar-refractivity contribution in [3.05, 3.63) is 11.1 Å². The molecule has 0 radical (unpaired) electrons. The van der Waals surface area contributed by atoms with E-state index in [4.69, 9.17) is 4.74 Å². The topological polar surface area (TPSA) is 95.9 Å². The first kappa shape index (κ1) is 24.3. The third-order valence-corrected chi connectivity index (χ3v) is 5.77. The van der Waals surface area contributed by atoms with E-state index < -0.39 is 18.0 Å². The molecule has 0 fully saturated rings. The lowest BCUT2D eigenvalue weighted by Gasteiger charge is -2.37. The molecule has 2 N–H and O–H groups in total. The smallest absolute Gasteiger partial charge is 0.352 e. The number of aliphatic carboxylic acids is 1. The molecule has 1 aliphatic rings. The van der Waals surface area contributed by atoms with Crippen LogP contribution in [-0.2, 0) is 19.1 Å². The Balaban J connectivity index is 2.99. The molecule has 0 aromatic carbocycles. The van der Waals surface area contributed by atoms with Gasteiger partial charge in [-0.2, -0.15) is 0 Å². The maximum absolute atomic E-state index is 12.8. The SMILES string of the molecule is CCCCC(=O)N(CCC)C(CC(OC(C)=O)C1NC(C(=O)O)=CS1)C(C)C. The van der Waals surface area contributed by atoms with Gasteiger partial charge in [-0.15, -0.1) is 11.8 Å². The first-order valence-corrected chi connectivity index (χ1v) is 11.0. The lowest BCUT2D eigenvalue weighted by Crippen LogP contribution is -2.48. The summed E-state index contributed by atoms with van der Waals surface area (Å²) >= 11 is 1.30. The van der Waals surface area contributed by atoms with Crippen LogP contribution in [0.5, 0.6) is 0 Å². The van der Waals surface area contributed by atoms with Gasteiger partial charge in [-0.3, -0.25) is 9.59 Å². The number of carboxylic acid groups (broad SMARTS) is 1. The number of thioether (sulfide) groups is 1. The molecule has 3 unspecified atom stereocenters. The highest BCUT2D eigenvalue weighted by Crippen LogP contribution is 2.30. The molecule has 8 heteroatoms. The van der Waals surface area contributed by atoms with Gasteiger partial charge in [-0.05, 0) is 18.8 Å². The maximum Gasteiger partial charge on any atom is 0.352 e. The molecule has 0 aliphatic carbocycles. The molecule has 0 bridgehead atoms. The molecule has 1 rings (SSSR count). The van der Waals surface area contributed by atoms with Gasteiger partial charge in [0.2, 0.25) is 5.91 Å². The highest BCUT2D eigenvalue weighted by Gasteiger charge is 2.36. The fraction of sp³-hybridized carbons (Fsp3) is 0.750. The number of nitrogens with one attached hydrogen (secondary N) is 1. The van der Waals surface area contributed by atoms with Gasteiger partial charge in [0, 0.05) is 37.8 Å². The van der Waals surface area contributed by atoms with E-state index in [1.807, 2.05) is 11.8 Å². The van der Waals surface area contributed by atoms with Gasteiger partial charge in [0.15, 0.2) is 0 Å². The Kier molecular flexibility index (Phi) is 10.4. The fourth-order valence-corrected chi connectivity index (χ4v) is 4.28. The summed E-state index contributed by atoms with van der Waals surface area (Å²) in [4.78, 5) is 37.6. The Hall–Kier alpha value is -1.70. The first-order chi connectivity index (χ1) is 13.2. The van der Waals surface area contributed by atoms with Crippen LogP contribution in [0.1, 0.15) is 66.7 Å². The molecule has 7 nitrogen and oxygen atoms in total. The first-order valence-electron chi connectivity index (χ1n) is 10.0. The van der Waals surface area contributed by atoms with E-state index in [1.165, 1.54) is 24.1 Å². The molecule has 0 aromatic rings. The van der Waals surface area contributed by atoms with Crippen LogP contribution in [0.2, 0.25) is 0 Å². The number of unbranched alkanes of at least 4 members (excludes halogenated alkanes) is 1. The molecule has 160 valence electrons. The van der Waals surface area contributed by atoms with Gasteiger partial charge < -0.3 is 20.1 Å². The van der Waals surface area contributed by atoms with Crippen molar-refractivity contribution in [2.75, 3.05) is 6.54 Å². The van der Waals surface area contributed by atoms with E-state index >= 15 is 0 Å². The van der Waals surface area contributed by atoms with Crippen molar-refractivity contribution in [1.82, 2.24) is 10.2 Å². The molecule has 0 aromatic heterocycles. The van der Waals surface area contributed by atoms with E-state index in [-0.39, 0.29) is 28.9 Å². The molecule has 28 heavy (non-hydrogen) atoms. The van der Waals surface area contributed by atoms with Gasteiger partial charge in [0.1, 0.15) is 17.2 Å².